The second-order valence-electron chi connectivity index (χ2n) is 21.4. The minimum absolute atomic E-state index is 0.0157. The molecule has 9 nitrogen and oxygen atoms in total. The summed E-state index contributed by atoms with van der Waals surface area (Å²) in [6, 6.07) is 0. The van der Waals surface area contributed by atoms with E-state index in [0.717, 1.165) is 96.3 Å². The van der Waals surface area contributed by atoms with Gasteiger partial charge in [0.2, 0.25) is 0 Å². The Morgan fingerprint density at radius 2 is 0.731 bits per heavy atom. The van der Waals surface area contributed by atoms with E-state index >= 15 is 0 Å². The van der Waals surface area contributed by atoms with Crippen LogP contribution in [0.25, 0.3) is 0 Å². The van der Waals surface area contributed by atoms with Crippen LogP contribution in [0.2, 0.25) is 0 Å². The summed E-state index contributed by atoms with van der Waals surface area (Å²) in [7, 11) is 1.43. The van der Waals surface area contributed by atoms with Crippen molar-refractivity contribution in [1.82, 2.24) is 0 Å². The van der Waals surface area contributed by atoms with Gasteiger partial charge in [0.25, 0.3) is 0 Å². The van der Waals surface area contributed by atoms with Gasteiger partial charge in [-0.3, -0.25) is 18.6 Å². The Kier molecular flexibility index (Phi) is 55.0. The molecule has 0 aliphatic rings. The highest BCUT2D eigenvalue weighted by atomic mass is 31.2. The molecule has 0 heterocycles. The fourth-order valence-electron chi connectivity index (χ4n) is 7.92. The standard InChI is InChI=1S/C68H114NO8P/c1-6-8-10-12-14-16-18-20-22-24-26-28-29-30-31-32-33-34-35-36-37-38-39-41-43-45-47-49-51-53-55-57-59-61-68(71)77-66(65-76-78(72,73)75-63-62-69(3,4)5)64-74-67(70)60-58-56-54-52-50-48-46-44-42-40-27-25-23-21-19-17-15-13-11-9-7-2/h8,10,14,16,20,22,25-28,30-31,33-34,36-37,39,41,45,47,51,53,66H,6-7,9,11-13,15,17-19,21,23-24,29,32,35,38,40,42-44,46,48-50,52,54-65H2,1-5H3/p+1/b10-8-,16-14-,22-20-,27-25-,28-26-,31-30-,34-33-,37-36-,41-39-,47-45-,53-51-. The fourth-order valence-corrected chi connectivity index (χ4v) is 8.66. The third-order valence-electron chi connectivity index (χ3n) is 12.7. The average Bonchev–Trinajstić information content (AvgIpc) is 3.41. The summed E-state index contributed by atoms with van der Waals surface area (Å²) < 4.78 is 34.5. The summed E-state index contributed by atoms with van der Waals surface area (Å²) in [5.74, 6) is -0.858. The largest absolute Gasteiger partial charge is 0.472 e. The molecule has 0 rings (SSSR count). The third kappa shape index (κ3) is 61.4. The van der Waals surface area contributed by atoms with E-state index in [4.69, 9.17) is 18.5 Å². The monoisotopic (exact) mass is 1100 g/mol. The molecule has 0 amide bonds. The molecule has 0 bridgehead atoms. The van der Waals surface area contributed by atoms with Crippen LogP contribution in [0.1, 0.15) is 232 Å². The molecule has 0 aromatic carbocycles. The first-order valence-corrected chi connectivity index (χ1v) is 32.4. The Bertz CT molecular complexity index is 1780. The van der Waals surface area contributed by atoms with Gasteiger partial charge in [0.05, 0.1) is 27.7 Å². The number of quaternary nitrogens is 1. The highest BCUT2D eigenvalue weighted by molar-refractivity contribution is 7.47. The van der Waals surface area contributed by atoms with Gasteiger partial charge in [-0.1, -0.05) is 237 Å². The average molecular weight is 1110 g/mol. The van der Waals surface area contributed by atoms with Gasteiger partial charge in [0, 0.05) is 12.8 Å². The van der Waals surface area contributed by atoms with Crippen molar-refractivity contribution in [3.63, 3.8) is 0 Å². The Hall–Kier alpha value is -3.85. The molecule has 78 heavy (non-hydrogen) atoms. The Balaban J connectivity index is 4.28. The van der Waals surface area contributed by atoms with Crippen LogP contribution in [-0.4, -0.2) is 74.9 Å². The number of esters is 2. The van der Waals surface area contributed by atoms with Gasteiger partial charge in [-0.05, 0) is 116 Å². The molecule has 0 aromatic heterocycles. The number of ether oxygens (including phenoxy) is 2. The van der Waals surface area contributed by atoms with E-state index in [1.807, 2.05) is 21.1 Å². The van der Waals surface area contributed by atoms with Gasteiger partial charge in [-0.25, -0.2) is 4.57 Å². The number of likely N-dealkylation sites (N-methyl/N-ethyl adjacent to an activating group) is 1. The second-order valence-corrected chi connectivity index (χ2v) is 22.8. The van der Waals surface area contributed by atoms with E-state index in [9.17, 15) is 19.0 Å². The van der Waals surface area contributed by atoms with Crippen molar-refractivity contribution < 1.29 is 42.1 Å². The van der Waals surface area contributed by atoms with Crippen molar-refractivity contribution in [3.8, 4) is 0 Å². The molecule has 10 heteroatoms. The van der Waals surface area contributed by atoms with Crippen LogP contribution >= 0.6 is 7.82 Å². The first-order chi connectivity index (χ1) is 38.0. The van der Waals surface area contributed by atoms with Gasteiger partial charge in [-0.2, -0.15) is 0 Å². The minimum Gasteiger partial charge on any atom is -0.462 e. The van der Waals surface area contributed by atoms with E-state index in [-0.39, 0.29) is 32.0 Å². The number of rotatable bonds is 55. The number of unbranched alkanes of at least 4 members (excludes halogenated alkanes) is 19. The smallest absolute Gasteiger partial charge is 0.462 e. The van der Waals surface area contributed by atoms with Crippen LogP contribution in [0.15, 0.2) is 134 Å². The van der Waals surface area contributed by atoms with E-state index in [1.54, 1.807) is 0 Å². The molecule has 0 spiro atoms. The molecule has 0 saturated carbocycles. The molecule has 2 unspecified atom stereocenters. The molecule has 0 aromatic rings. The molecule has 0 saturated heterocycles. The Morgan fingerprint density at radius 1 is 0.410 bits per heavy atom. The maximum Gasteiger partial charge on any atom is 0.472 e. The number of nitrogens with zero attached hydrogens (tertiary/aromatic N) is 1. The van der Waals surface area contributed by atoms with Gasteiger partial charge in [0.1, 0.15) is 19.8 Å². The molecule has 0 fully saturated rings. The zero-order valence-corrected chi connectivity index (χ0v) is 51.2. The van der Waals surface area contributed by atoms with Crippen molar-refractivity contribution in [2.45, 2.75) is 238 Å². The second kappa shape index (κ2) is 57.8. The van der Waals surface area contributed by atoms with Crippen LogP contribution in [0.5, 0.6) is 0 Å². The summed E-state index contributed by atoms with van der Waals surface area (Å²) in [6.45, 7) is 4.26. The lowest BCUT2D eigenvalue weighted by Gasteiger charge is -2.24. The quantitative estimate of drug-likeness (QED) is 0.0211. The number of carbonyl (C=O) groups is 2. The number of carbonyl (C=O) groups excluding carboxylic acids is 2. The maximum atomic E-state index is 12.8. The molecule has 0 aliphatic carbocycles. The van der Waals surface area contributed by atoms with Crippen LogP contribution in [0.4, 0.5) is 0 Å². The number of hydrogen-bond donors (Lipinski definition) is 1. The molecule has 0 aliphatic heterocycles. The summed E-state index contributed by atoms with van der Waals surface area (Å²) in [4.78, 5) is 35.7. The van der Waals surface area contributed by atoms with Crippen molar-refractivity contribution in [2.24, 2.45) is 0 Å². The summed E-state index contributed by atoms with van der Waals surface area (Å²) in [6.07, 6.45) is 83.9. The van der Waals surface area contributed by atoms with Crippen LogP contribution < -0.4 is 0 Å². The molecule has 444 valence electrons. The van der Waals surface area contributed by atoms with E-state index in [2.05, 4.69) is 148 Å². The lowest BCUT2D eigenvalue weighted by molar-refractivity contribution is -0.870. The number of allylic oxidation sites excluding steroid dienone is 22. The van der Waals surface area contributed by atoms with Gasteiger partial charge >= 0.3 is 19.8 Å². The zero-order valence-electron chi connectivity index (χ0n) is 50.3. The van der Waals surface area contributed by atoms with Crippen LogP contribution in [-0.2, 0) is 32.7 Å². The summed E-state index contributed by atoms with van der Waals surface area (Å²) in [5.41, 5.74) is 0. The van der Waals surface area contributed by atoms with Crippen molar-refractivity contribution in [1.29, 1.82) is 0 Å². The van der Waals surface area contributed by atoms with Crippen LogP contribution in [0.3, 0.4) is 0 Å². The van der Waals surface area contributed by atoms with Gasteiger partial charge in [0.15, 0.2) is 6.10 Å². The molecular weight excluding hydrogens is 990 g/mol. The Labute approximate surface area is 479 Å². The number of phosphoric acid groups is 1. The number of phosphoric ester groups is 1. The third-order valence-corrected chi connectivity index (χ3v) is 13.6. The normalized spacial score (nSPS) is 14.2. The van der Waals surface area contributed by atoms with E-state index in [0.29, 0.717) is 17.4 Å². The van der Waals surface area contributed by atoms with Crippen molar-refractivity contribution >= 4 is 19.8 Å². The van der Waals surface area contributed by atoms with Crippen molar-refractivity contribution in [2.75, 3.05) is 47.5 Å². The first-order valence-electron chi connectivity index (χ1n) is 30.9. The highest BCUT2D eigenvalue weighted by Crippen LogP contribution is 2.43. The SMILES string of the molecule is CC/C=C\C/C=C\C/C=C\C/C=C\C/C=C\C/C=C\C/C=C\C/C=C\C/C=C\C/C=C\CCCCC(=O)OC(COC(=O)CCCCCCCCCCC/C=C\CCCCCCCCCC)COP(=O)(O)OCC[N+](C)(C)C. The predicted molar refractivity (Wildman–Crippen MR) is 334 cm³/mol. The fraction of sp³-hybridized carbons (Fsp3) is 0.647. The van der Waals surface area contributed by atoms with E-state index < -0.39 is 26.5 Å². The van der Waals surface area contributed by atoms with Crippen LogP contribution in [0, 0.1) is 0 Å². The first kappa shape index (κ1) is 74.2. The molecular formula is C68H115NO8P+. The van der Waals surface area contributed by atoms with E-state index in [1.165, 1.54) is 103 Å². The van der Waals surface area contributed by atoms with Crippen molar-refractivity contribution in [3.05, 3.63) is 134 Å². The van der Waals surface area contributed by atoms with Gasteiger partial charge in [-0.15, -0.1) is 0 Å². The summed E-state index contributed by atoms with van der Waals surface area (Å²) in [5, 5.41) is 0. The zero-order chi connectivity index (χ0) is 57.0. The Morgan fingerprint density at radius 3 is 1.13 bits per heavy atom. The lowest BCUT2D eigenvalue weighted by atomic mass is 10.1. The summed E-state index contributed by atoms with van der Waals surface area (Å²) >= 11 is 0. The molecule has 2 atom stereocenters. The topological polar surface area (TPSA) is 108 Å². The molecule has 1 N–H and O–H groups in total. The maximum absolute atomic E-state index is 12.8. The minimum atomic E-state index is -4.41. The highest BCUT2D eigenvalue weighted by Gasteiger charge is 2.27. The molecule has 0 radical (unpaired) electrons. The van der Waals surface area contributed by atoms with Gasteiger partial charge < -0.3 is 18.9 Å². The predicted octanol–water partition coefficient (Wildman–Crippen LogP) is 19.7. The number of hydrogen-bond acceptors (Lipinski definition) is 7. The lowest BCUT2D eigenvalue weighted by Crippen LogP contribution is -2.37.